The third-order valence-corrected chi connectivity index (χ3v) is 3.05. The molecule has 0 aliphatic heterocycles. The van der Waals surface area contributed by atoms with E-state index in [0.717, 1.165) is 6.54 Å². The molecule has 0 aliphatic carbocycles. The highest BCUT2D eigenvalue weighted by Gasteiger charge is 2.08. The molecule has 1 rings (SSSR count). The van der Waals surface area contributed by atoms with Gasteiger partial charge in [-0.15, -0.1) is 0 Å². The smallest absolute Gasteiger partial charge is 0.0107 e. The molecular formula is C15H25N. The second kappa shape index (κ2) is 7.45. The molecule has 0 bridgehead atoms. The summed E-state index contributed by atoms with van der Waals surface area (Å²) in [5.41, 5.74) is 2.91. The fraction of sp³-hybridized carbons (Fsp3) is 0.600. The average molecular weight is 219 g/mol. The van der Waals surface area contributed by atoms with Gasteiger partial charge in [0.25, 0.3) is 0 Å². The minimum atomic E-state index is 0.644. The van der Waals surface area contributed by atoms with Gasteiger partial charge in [-0.25, -0.2) is 0 Å². The molecule has 0 saturated heterocycles. The Morgan fingerprint density at radius 2 is 1.88 bits per heavy atom. The standard InChI is InChI=1S/C15H25N/c1-4-8-15(16-11-5-2)12-14-10-7-6-9-13(14)3/h6-7,9-10,15-16H,4-5,8,11-12H2,1-3H3. The Kier molecular flexibility index (Phi) is 6.17. The molecule has 0 radical (unpaired) electrons. The molecular weight excluding hydrogens is 194 g/mol. The van der Waals surface area contributed by atoms with Crippen LogP contribution in [0.25, 0.3) is 0 Å². The SMILES string of the molecule is CCCNC(CCC)Cc1ccccc1C. The zero-order chi connectivity index (χ0) is 11.8. The van der Waals surface area contributed by atoms with Crippen LogP contribution in [0, 0.1) is 6.92 Å². The van der Waals surface area contributed by atoms with E-state index in [9.17, 15) is 0 Å². The molecule has 0 fully saturated rings. The highest BCUT2D eigenvalue weighted by atomic mass is 14.9. The van der Waals surface area contributed by atoms with E-state index in [4.69, 9.17) is 0 Å². The van der Waals surface area contributed by atoms with Gasteiger partial charge >= 0.3 is 0 Å². The van der Waals surface area contributed by atoms with Gasteiger partial charge in [-0.2, -0.15) is 0 Å². The lowest BCUT2D eigenvalue weighted by Crippen LogP contribution is -2.31. The lowest BCUT2D eigenvalue weighted by Gasteiger charge is -2.18. The second-order valence-electron chi connectivity index (χ2n) is 4.57. The van der Waals surface area contributed by atoms with Crippen molar-refractivity contribution in [2.24, 2.45) is 0 Å². The summed E-state index contributed by atoms with van der Waals surface area (Å²) in [5.74, 6) is 0. The Morgan fingerprint density at radius 3 is 2.50 bits per heavy atom. The predicted molar refractivity (Wildman–Crippen MR) is 71.9 cm³/mol. The third kappa shape index (κ3) is 4.36. The normalized spacial score (nSPS) is 12.7. The van der Waals surface area contributed by atoms with E-state index < -0.39 is 0 Å². The second-order valence-corrected chi connectivity index (χ2v) is 4.57. The zero-order valence-corrected chi connectivity index (χ0v) is 10.9. The minimum Gasteiger partial charge on any atom is -0.314 e. The Labute approximate surface area is 100 Å². The van der Waals surface area contributed by atoms with Crippen LogP contribution in [0.4, 0.5) is 0 Å². The van der Waals surface area contributed by atoms with Crippen molar-refractivity contribution in [1.29, 1.82) is 0 Å². The van der Waals surface area contributed by atoms with Crippen LogP contribution in [0.15, 0.2) is 24.3 Å². The van der Waals surface area contributed by atoms with Crippen LogP contribution in [-0.2, 0) is 6.42 Å². The van der Waals surface area contributed by atoms with E-state index in [1.807, 2.05) is 0 Å². The zero-order valence-electron chi connectivity index (χ0n) is 10.9. The van der Waals surface area contributed by atoms with Crippen molar-refractivity contribution in [3.05, 3.63) is 35.4 Å². The van der Waals surface area contributed by atoms with Gasteiger partial charge in [0.15, 0.2) is 0 Å². The predicted octanol–water partition coefficient (Wildman–Crippen LogP) is 3.71. The first-order chi connectivity index (χ1) is 7.77. The maximum Gasteiger partial charge on any atom is 0.0107 e. The van der Waals surface area contributed by atoms with Gasteiger partial charge in [-0.05, 0) is 43.9 Å². The fourth-order valence-electron chi connectivity index (χ4n) is 2.08. The van der Waals surface area contributed by atoms with Crippen molar-refractivity contribution in [1.82, 2.24) is 5.32 Å². The first kappa shape index (κ1) is 13.2. The van der Waals surface area contributed by atoms with Crippen molar-refractivity contribution in [3.8, 4) is 0 Å². The first-order valence-corrected chi connectivity index (χ1v) is 6.55. The summed E-state index contributed by atoms with van der Waals surface area (Å²) in [6.45, 7) is 7.83. The van der Waals surface area contributed by atoms with Crippen molar-refractivity contribution in [2.75, 3.05) is 6.54 Å². The quantitative estimate of drug-likeness (QED) is 0.737. The molecule has 1 atom stereocenters. The maximum absolute atomic E-state index is 3.65. The molecule has 0 amide bonds. The highest BCUT2D eigenvalue weighted by Crippen LogP contribution is 2.12. The van der Waals surface area contributed by atoms with Crippen molar-refractivity contribution in [3.63, 3.8) is 0 Å². The van der Waals surface area contributed by atoms with E-state index >= 15 is 0 Å². The van der Waals surface area contributed by atoms with Gasteiger partial charge in [0, 0.05) is 6.04 Å². The molecule has 1 aromatic carbocycles. The van der Waals surface area contributed by atoms with E-state index in [-0.39, 0.29) is 0 Å². The molecule has 1 nitrogen and oxygen atoms in total. The van der Waals surface area contributed by atoms with E-state index in [1.54, 1.807) is 0 Å². The minimum absolute atomic E-state index is 0.644. The first-order valence-electron chi connectivity index (χ1n) is 6.55. The van der Waals surface area contributed by atoms with Crippen LogP contribution in [0.3, 0.4) is 0 Å². The van der Waals surface area contributed by atoms with Gasteiger partial charge in [0.05, 0.1) is 0 Å². The molecule has 0 aliphatic rings. The maximum atomic E-state index is 3.65. The van der Waals surface area contributed by atoms with Crippen LogP contribution in [0.1, 0.15) is 44.2 Å². The summed E-state index contributed by atoms with van der Waals surface area (Å²) in [6, 6.07) is 9.37. The largest absolute Gasteiger partial charge is 0.314 e. The molecule has 1 unspecified atom stereocenters. The Hall–Kier alpha value is -0.820. The molecule has 1 N–H and O–H groups in total. The van der Waals surface area contributed by atoms with Crippen LogP contribution in [-0.4, -0.2) is 12.6 Å². The molecule has 0 saturated carbocycles. The van der Waals surface area contributed by atoms with Crippen molar-refractivity contribution in [2.45, 2.75) is 52.5 Å². The third-order valence-electron chi connectivity index (χ3n) is 3.05. The summed E-state index contributed by atoms with van der Waals surface area (Å²) < 4.78 is 0. The summed E-state index contributed by atoms with van der Waals surface area (Å²) in [5, 5.41) is 3.65. The number of nitrogens with one attached hydrogen (secondary N) is 1. The average Bonchev–Trinajstić information content (AvgIpc) is 2.29. The molecule has 0 heterocycles. The van der Waals surface area contributed by atoms with Crippen molar-refractivity contribution >= 4 is 0 Å². The van der Waals surface area contributed by atoms with Crippen LogP contribution in [0.2, 0.25) is 0 Å². The number of rotatable bonds is 7. The van der Waals surface area contributed by atoms with Gasteiger partial charge < -0.3 is 5.32 Å². The Bertz CT molecular complexity index is 293. The number of hydrogen-bond donors (Lipinski definition) is 1. The highest BCUT2D eigenvalue weighted by molar-refractivity contribution is 5.26. The van der Waals surface area contributed by atoms with Crippen LogP contribution < -0.4 is 5.32 Å². The summed E-state index contributed by atoms with van der Waals surface area (Å²) >= 11 is 0. The summed E-state index contributed by atoms with van der Waals surface area (Å²) in [7, 11) is 0. The topological polar surface area (TPSA) is 12.0 Å². The molecule has 1 heteroatoms. The molecule has 16 heavy (non-hydrogen) atoms. The Morgan fingerprint density at radius 1 is 1.12 bits per heavy atom. The van der Waals surface area contributed by atoms with E-state index in [1.165, 1.54) is 36.8 Å². The molecule has 90 valence electrons. The fourth-order valence-corrected chi connectivity index (χ4v) is 2.08. The number of aryl methyl sites for hydroxylation is 1. The number of benzene rings is 1. The lowest BCUT2D eigenvalue weighted by atomic mass is 9.98. The Balaban J connectivity index is 2.56. The number of hydrogen-bond acceptors (Lipinski definition) is 1. The van der Waals surface area contributed by atoms with Gasteiger partial charge in [0.2, 0.25) is 0 Å². The van der Waals surface area contributed by atoms with Gasteiger partial charge in [-0.3, -0.25) is 0 Å². The molecule has 1 aromatic rings. The van der Waals surface area contributed by atoms with Gasteiger partial charge in [-0.1, -0.05) is 44.5 Å². The summed E-state index contributed by atoms with van der Waals surface area (Å²) in [4.78, 5) is 0. The van der Waals surface area contributed by atoms with Crippen LogP contribution in [0.5, 0.6) is 0 Å². The van der Waals surface area contributed by atoms with Crippen molar-refractivity contribution < 1.29 is 0 Å². The van der Waals surface area contributed by atoms with E-state index in [0.29, 0.717) is 6.04 Å². The lowest BCUT2D eigenvalue weighted by molar-refractivity contribution is 0.472. The van der Waals surface area contributed by atoms with E-state index in [2.05, 4.69) is 50.4 Å². The van der Waals surface area contributed by atoms with Crippen LogP contribution >= 0.6 is 0 Å². The molecule has 0 aromatic heterocycles. The monoisotopic (exact) mass is 219 g/mol. The molecule has 0 spiro atoms. The summed E-state index contributed by atoms with van der Waals surface area (Å²) in [6.07, 6.45) is 4.91. The van der Waals surface area contributed by atoms with Gasteiger partial charge in [0.1, 0.15) is 0 Å².